The van der Waals surface area contributed by atoms with Crippen molar-refractivity contribution in [1.29, 1.82) is 0 Å². The largest absolute Gasteiger partial charge is 0.337 e. The lowest BCUT2D eigenvalue weighted by Gasteiger charge is -2.20. The second-order valence-electron chi connectivity index (χ2n) is 8.93. The van der Waals surface area contributed by atoms with Crippen molar-refractivity contribution in [2.45, 2.75) is 32.2 Å². The highest BCUT2D eigenvalue weighted by molar-refractivity contribution is 5.84. The molecule has 0 atom stereocenters. The quantitative estimate of drug-likeness (QED) is 0.293. The minimum atomic E-state index is -0.364. The Morgan fingerprint density at radius 1 is 0.778 bits per heavy atom. The molecule has 5 heteroatoms. The maximum atomic E-state index is 12.7. The Hall–Kier alpha value is -4.38. The van der Waals surface area contributed by atoms with Gasteiger partial charge in [-0.1, -0.05) is 84.9 Å². The van der Waals surface area contributed by atoms with E-state index in [4.69, 9.17) is 4.84 Å². The summed E-state index contributed by atoms with van der Waals surface area (Å²) in [5.41, 5.74) is 5.39. The zero-order chi connectivity index (χ0) is 24.9. The fourth-order valence-corrected chi connectivity index (χ4v) is 4.83. The topological polar surface area (TPSA) is 53.2 Å². The van der Waals surface area contributed by atoms with Gasteiger partial charge in [0.25, 0.3) is 5.56 Å². The third-order valence-corrected chi connectivity index (χ3v) is 6.44. The molecular weight excluding hydrogens is 448 g/mol. The maximum absolute atomic E-state index is 12.7. The zero-order valence-corrected chi connectivity index (χ0v) is 20.2. The standard InChI is InChI=1S/C31H28N2O3/c1-23(34)36-33-22-26(28-16-8-9-17-29(28)33)15-10-20-32-21-27(18-19-30(32)35)31(24-11-4-2-5-12-24)25-13-6-3-7-14-25/h2-9,11-14,16-19,21-22,31H,10,15,20H2,1H3. The highest BCUT2D eigenvalue weighted by Gasteiger charge is 2.17. The van der Waals surface area contributed by atoms with Crippen LogP contribution in [0.3, 0.4) is 0 Å². The third kappa shape index (κ3) is 5.01. The lowest BCUT2D eigenvalue weighted by atomic mass is 9.86. The average molecular weight is 477 g/mol. The Kier molecular flexibility index (Phi) is 6.80. The summed E-state index contributed by atoms with van der Waals surface area (Å²) in [7, 11) is 0. The smallest absolute Gasteiger partial charge is 0.329 e. The lowest BCUT2D eigenvalue weighted by Crippen LogP contribution is -2.20. The summed E-state index contributed by atoms with van der Waals surface area (Å²) in [5.74, 6) is -0.321. The minimum Gasteiger partial charge on any atom is -0.337 e. The highest BCUT2D eigenvalue weighted by atomic mass is 16.7. The van der Waals surface area contributed by atoms with Crippen molar-refractivity contribution in [3.8, 4) is 0 Å². The molecular formula is C31H28N2O3. The summed E-state index contributed by atoms with van der Waals surface area (Å²) < 4.78 is 3.34. The van der Waals surface area contributed by atoms with Crippen molar-refractivity contribution < 1.29 is 9.63 Å². The first-order chi connectivity index (χ1) is 17.6. The van der Waals surface area contributed by atoms with Crippen LogP contribution >= 0.6 is 0 Å². The second-order valence-corrected chi connectivity index (χ2v) is 8.93. The molecule has 0 saturated carbocycles. The molecule has 2 heterocycles. The van der Waals surface area contributed by atoms with Crippen molar-refractivity contribution in [3.63, 3.8) is 0 Å². The van der Waals surface area contributed by atoms with Crippen molar-refractivity contribution in [2.24, 2.45) is 0 Å². The Bertz CT molecular complexity index is 1500. The summed E-state index contributed by atoms with van der Waals surface area (Å²) in [5, 5.41) is 1.05. The molecule has 5 nitrogen and oxygen atoms in total. The summed E-state index contributed by atoms with van der Waals surface area (Å²) in [6, 6.07) is 32.2. The van der Waals surface area contributed by atoms with E-state index in [1.54, 1.807) is 10.6 Å². The van der Waals surface area contributed by atoms with Crippen LogP contribution in [0.15, 0.2) is 114 Å². The molecule has 0 radical (unpaired) electrons. The first kappa shape index (κ1) is 23.4. The molecule has 0 saturated heterocycles. The van der Waals surface area contributed by atoms with Gasteiger partial charge in [-0.15, -0.1) is 0 Å². The molecule has 180 valence electrons. The van der Waals surface area contributed by atoms with Crippen molar-refractivity contribution in [3.05, 3.63) is 142 Å². The molecule has 0 fully saturated rings. The van der Waals surface area contributed by atoms with Crippen molar-refractivity contribution in [1.82, 2.24) is 9.30 Å². The van der Waals surface area contributed by atoms with E-state index in [0.29, 0.717) is 6.54 Å². The first-order valence-corrected chi connectivity index (χ1v) is 12.2. The molecule has 5 aromatic rings. The molecule has 0 aliphatic heterocycles. The average Bonchev–Trinajstić information content (AvgIpc) is 3.24. The third-order valence-electron chi connectivity index (χ3n) is 6.44. The molecule has 5 rings (SSSR count). The fourth-order valence-electron chi connectivity index (χ4n) is 4.83. The summed E-state index contributed by atoms with van der Waals surface area (Å²) >= 11 is 0. The summed E-state index contributed by atoms with van der Waals surface area (Å²) in [4.78, 5) is 29.6. The molecule has 0 N–H and O–H groups in total. The lowest BCUT2D eigenvalue weighted by molar-refractivity contribution is -0.140. The van der Waals surface area contributed by atoms with E-state index in [0.717, 1.165) is 34.9 Å². The molecule has 0 spiro atoms. The van der Waals surface area contributed by atoms with Gasteiger partial charge in [0.2, 0.25) is 0 Å². The molecule has 0 bridgehead atoms. The number of rotatable bonds is 8. The van der Waals surface area contributed by atoms with Gasteiger partial charge in [0, 0.05) is 43.2 Å². The number of aromatic nitrogens is 2. The van der Waals surface area contributed by atoms with Gasteiger partial charge >= 0.3 is 5.97 Å². The Balaban J connectivity index is 1.40. The molecule has 3 aromatic carbocycles. The van der Waals surface area contributed by atoms with Gasteiger partial charge < -0.3 is 9.40 Å². The summed E-state index contributed by atoms with van der Waals surface area (Å²) in [6.45, 7) is 1.99. The van der Waals surface area contributed by atoms with E-state index < -0.39 is 0 Å². The number of hydrogen-bond donors (Lipinski definition) is 0. The Morgan fingerprint density at radius 2 is 1.42 bits per heavy atom. The Labute approximate surface area is 210 Å². The molecule has 36 heavy (non-hydrogen) atoms. The van der Waals surface area contributed by atoms with Crippen LogP contribution in [0, 0.1) is 0 Å². The van der Waals surface area contributed by atoms with Gasteiger partial charge in [-0.05, 0) is 41.2 Å². The number of fused-ring (bicyclic) bond motifs is 1. The van der Waals surface area contributed by atoms with Crippen LogP contribution < -0.4 is 10.4 Å². The zero-order valence-electron chi connectivity index (χ0n) is 20.2. The van der Waals surface area contributed by atoms with E-state index in [2.05, 4.69) is 24.3 Å². The predicted molar refractivity (Wildman–Crippen MR) is 142 cm³/mol. The van der Waals surface area contributed by atoms with Crippen LogP contribution in [0.5, 0.6) is 0 Å². The van der Waals surface area contributed by atoms with Crippen LogP contribution in [0.25, 0.3) is 10.9 Å². The number of carbonyl (C=O) groups is 1. The maximum Gasteiger partial charge on any atom is 0.329 e. The number of hydrogen-bond acceptors (Lipinski definition) is 3. The number of nitrogens with zero attached hydrogens (tertiary/aromatic N) is 2. The van der Waals surface area contributed by atoms with Crippen molar-refractivity contribution in [2.75, 3.05) is 0 Å². The molecule has 2 aromatic heterocycles. The van der Waals surface area contributed by atoms with Crippen LogP contribution in [0.2, 0.25) is 0 Å². The normalized spacial score (nSPS) is 11.2. The summed E-state index contributed by atoms with van der Waals surface area (Å²) in [6.07, 6.45) is 5.40. The van der Waals surface area contributed by atoms with E-state index in [1.165, 1.54) is 22.8 Å². The van der Waals surface area contributed by atoms with Gasteiger partial charge in [0.1, 0.15) is 0 Å². The molecule has 0 unspecified atom stereocenters. The number of para-hydroxylation sites is 1. The molecule has 0 aliphatic rings. The number of pyridine rings is 1. The van der Waals surface area contributed by atoms with Gasteiger partial charge in [-0.3, -0.25) is 4.79 Å². The van der Waals surface area contributed by atoms with E-state index in [-0.39, 0.29) is 17.4 Å². The molecule has 0 aliphatic carbocycles. The number of aryl methyl sites for hydroxylation is 2. The van der Waals surface area contributed by atoms with Crippen LogP contribution in [-0.4, -0.2) is 15.3 Å². The van der Waals surface area contributed by atoms with E-state index >= 15 is 0 Å². The van der Waals surface area contributed by atoms with Crippen LogP contribution in [-0.2, 0) is 17.8 Å². The van der Waals surface area contributed by atoms with Crippen LogP contribution in [0.1, 0.15) is 41.5 Å². The number of benzene rings is 3. The van der Waals surface area contributed by atoms with E-state index in [9.17, 15) is 9.59 Å². The van der Waals surface area contributed by atoms with Gasteiger partial charge in [0.15, 0.2) is 0 Å². The SMILES string of the molecule is CC(=O)On1cc(CCCn2cc(C(c3ccccc3)c3ccccc3)ccc2=O)c2ccccc21. The molecule has 0 amide bonds. The monoisotopic (exact) mass is 476 g/mol. The van der Waals surface area contributed by atoms with Crippen molar-refractivity contribution >= 4 is 16.9 Å². The van der Waals surface area contributed by atoms with Gasteiger partial charge in [-0.2, -0.15) is 4.73 Å². The fraction of sp³-hybridized carbons (Fsp3) is 0.161. The first-order valence-electron chi connectivity index (χ1n) is 12.2. The predicted octanol–water partition coefficient (Wildman–Crippen LogP) is 5.59. The second kappa shape index (κ2) is 10.5. The minimum absolute atomic E-state index is 0.0130. The highest BCUT2D eigenvalue weighted by Crippen LogP contribution is 2.31. The Morgan fingerprint density at radius 3 is 2.08 bits per heavy atom. The van der Waals surface area contributed by atoms with Gasteiger partial charge in [-0.25, -0.2) is 4.79 Å². The number of carbonyl (C=O) groups excluding carboxylic acids is 1. The van der Waals surface area contributed by atoms with E-state index in [1.807, 2.05) is 79.1 Å². The van der Waals surface area contributed by atoms with Crippen LogP contribution in [0.4, 0.5) is 0 Å². The van der Waals surface area contributed by atoms with Gasteiger partial charge in [0.05, 0.1) is 5.52 Å².